The molecule has 0 spiro atoms. The Kier molecular flexibility index (Phi) is 4.58. The first kappa shape index (κ1) is 15.5. The zero-order valence-corrected chi connectivity index (χ0v) is 14.2. The van der Waals surface area contributed by atoms with Gasteiger partial charge in [-0.05, 0) is 41.0 Å². The zero-order chi connectivity index (χ0) is 16.2. The molecular weight excluding hydrogens is 350 g/mol. The topological polar surface area (TPSA) is 24.1 Å². The predicted molar refractivity (Wildman–Crippen MR) is 96.9 cm³/mol. The summed E-state index contributed by atoms with van der Waals surface area (Å²) < 4.78 is 3.17. The van der Waals surface area contributed by atoms with Gasteiger partial charge in [-0.1, -0.05) is 46.8 Å². The van der Waals surface area contributed by atoms with Gasteiger partial charge in [0, 0.05) is 22.2 Å². The predicted octanol–water partition coefficient (Wildman–Crippen LogP) is 4.82. The highest BCUT2D eigenvalue weighted by atomic mass is 79.9. The summed E-state index contributed by atoms with van der Waals surface area (Å²) in [7, 11) is 0. The molecule has 0 saturated heterocycles. The molecule has 2 nitrogen and oxygen atoms in total. The number of allylic oxidation sites excluding steroid dienone is 1. The maximum atomic E-state index is 9.36. The SMILES string of the molecule is C=C(C[n+]1ccc(-c2ccc(O)cc2)cc1)c1ccc(Br)cc1. The number of benzene rings is 2. The highest BCUT2D eigenvalue weighted by Gasteiger charge is 2.07. The van der Waals surface area contributed by atoms with Gasteiger partial charge in [0.05, 0.1) is 0 Å². The smallest absolute Gasteiger partial charge is 0.173 e. The molecule has 2 aromatic carbocycles. The van der Waals surface area contributed by atoms with E-state index in [0.717, 1.165) is 33.3 Å². The van der Waals surface area contributed by atoms with Crippen molar-refractivity contribution >= 4 is 21.5 Å². The fraction of sp³-hybridized carbons (Fsp3) is 0.0500. The number of aromatic hydroxyl groups is 1. The van der Waals surface area contributed by atoms with Crippen LogP contribution in [-0.4, -0.2) is 5.11 Å². The first-order valence-corrected chi connectivity index (χ1v) is 8.13. The largest absolute Gasteiger partial charge is 0.508 e. The van der Waals surface area contributed by atoms with Crippen molar-refractivity contribution in [2.45, 2.75) is 6.54 Å². The quantitative estimate of drug-likeness (QED) is 0.657. The lowest BCUT2D eigenvalue weighted by atomic mass is 10.1. The highest BCUT2D eigenvalue weighted by Crippen LogP contribution is 2.21. The second kappa shape index (κ2) is 6.80. The van der Waals surface area contributed by atoms with Gasteiger partial charge in [-0.3, -0.25) is 0 Å². The van der Waals surface area contributed by atoms with Gasteiger partial charge in [-0.25, -0.2) is 4.57 Å². The third-order valence-corrected chi connectivity index (χ3v) is 4.25. The van der Waals surface area contributed by atoms with Gasteiger partial charge in [-0.15, -0.1) is 0 Å². The van der Waals surface area contributed by atoms with Gasteiger partial charge >= 0.3 is 0 Å². The summed E-state index contributed by atoms with van der Waals surface area (Å²) in [6.45, 7) is 4.92. The monoisotopic (exact) mass is 366 g/mol. The van der Waals surface area contributed by atoms with Crippen molar-refractivity contribution in [2.75, 3.05) is 0 Å². The van der Waals surface area contributed by atoms with E-state index < -0.39 is 0 Å². The molecule has 3 rings (SSSR count). The second-order valence-electron chi connectivity index (χ2n) is 5.42. The first-order chi connectivity index (χ1) is 11.1. The van der Waals surface area contributed by atoms with Crippen LogP contribution in [0.2, 0.25) is 0 Å². The van der Waals surface area contributed by atoms with Crippen LogP contribution in [-0.2, 0) is 6.54 Å². The van der Waals surface area contributed by atoms with E-state index in [9.17, 15) is 5.11 Å². The number of hydrogen-bond donors (Lipinski definition) is 1. The summed E-state index contributed by atoms with van der Waals surface area (Å²) in [6.07, 6.45) is 4.10. The van der Waals surface area contributed by atoms with Crippen LogP contribution < -0.4 is 4.57 Å². The Bertz CT molecular complexity index is 806. The van der Waals surface area contributed by atoms with Gasteiger partial charge in [0.15, 0.2) is 18.9 Å². The number of hydrogen-bond acceptors (Lipinski definition) is 1. The van der Waals surface area contributed by atoms with Gasteiger partial charge in [-0.2, -0.15) is 0 Å². The van der Waals surface area contributed by atoms with Crippen LogP contribution in [0.3, 0.4) is 0 Å². The first-order valence-electron chi connectivity index (χ1n) is 7.34. The van der Waals surface area contributed by atoms with Crippen LogP contribution in [0.25, 0.3) is 16.7 Å². The maximum Gasteiger partial charge on any atom is 0.173 e. The molecule has 0 atom stereocenters. The number of nitrogens with zero attached hydrogens (tertiary/aromatic N) is 1. The van der Waals surface area contributed by atoms with Crippen molar-refractivity contribution in [3.05, 3.63) is 89.7 Å². The molecule has 0 saturated carbocycles. The van der Waals surface area contributed by atoms with E-state index in [1.165, 1.54) is 0 Å². The summed E-state index contributed by atoms with van der Waals surface area (Å²) in [5.41, 5.74) is 4.42. The maximum absolute atomic E-state index is 9.36. The number of rotatable bonds is 4. The standard InChI is InChI=1S/C20H16BrNO/c1-15(16-2-6-19(21)7-3-16)14-22-12-10-18(11-13-22)17-4-8-20(23)9-5-17/h2-13H,1,14H2/p+1. The van der Waals surface area contributed by atoms with Gasteiger partial charge in [0.25, 0.3) is 0 Å². The molecule has 114 valence electrons. The Balaban J connectivity index is 1.73. The van der Waals surface area contributed by atoms with E-state index in [1.807, 2.05) is 36.7 Å². The molecular formula is C20H17BrNO+. The molecule has 0 fully saturated rings. The molecule has 3 heteroatoms. The Morgan fingerprint density at radius 3 is 2.04 bits per heavy atom. The molecule has 0 bridgehead atoms. The van der Waals surface area contributed by atoms with E-state index in [4.69, 9.17) is 0 Å². The van der Waals surface area contributed by atoms with Crippen LogP contribution in [0.15, 0.2) is 84.1 Å². The Morgan fingerprint density at radius 2 is 1.43 bits per heavy atom. The lowest BCUT2D eigenvalue weighted by molar-refractivity contribution is -0.684. The zero-order valence-electron chi connectivity index (χ0n) is 12.6. The molecule has 0 radical (unpaired) electrons. The van der Waals surface area contributed by atoms with Crippen molar-refractivity contribution in [3.63, 3.8) is 0 Å². The van der Waals surface area contributed by atoms with E-state index in [0.29, 0.717) is 0 Å². The minimum Gasteiger partial charge on any atom is -0.508 e. The number of aromatic nitrogens is 1. The minimum absolute atomic E-state index is 0.283. The van der Waals surface area contributed by atoms with Crippen molar-refractivity contribution < 1.29 is 9.67 Å². The lowest BCUT2D eigenvalue weighted by Gasteiger charge is -2.04. The summed E-state index contributed by atoms with van der Waals surface area (Å²) in [4.78, 5) is 0. The number of phenolic OH excluding ortho intramolecular Hbond substituents is 1. The molecule has 0 unspecified atom stereocenters. The van der Waals surface area contributed by atoms with Crippen molar-refractivity contribution in [3.8, 4) is 16.9 Å². The summed E-state index contributed by atoms with van der Waals surface area (Å²) in [5, 5.41) is 9.36. The molecule has 0 aliphatic carbocycles. The Hall–Kier alpha value is -2.39. The average molecular weight is 367 g/mol. The summed E-state index contributed by atoms with van der Waals surface area (Å²) >= 11 is 3.45. The third-order valence-electron chi connectivity index (χ3n) is 3.72. The Labute approximate surface area is 144 Å². The average Bonchev–Trinajstić information content (AvgIpc) is 2.57. The molecule has 0 aliphatic heterocycles. The van der Waals surface area contributed by atoms with Crippen LogP contribution in [0.1, 0.15) is 5.56 Å². The van der Waals surface area contributed by atoms with Crippen LogP contribution in [0.5, 0.6) is 5.75 Å². The second-order valence-corrected chi connectivity index (χ2v) is 6.33. The number of pyridine rings is 1. The third kappa shape index (κ3) is 3.88. The fourth-order valence-electron chi connectivity index (χ4n) is 2.41. The van der Waals surface area contributed by atoms with E-state index >= 15 is 0 Å². The minimum atomic E-state index is 0.283. The summed E-state index contributed by atoms with van der Waals surface area (Å²) in [5.74, 6) is 0.283. The van der Waals surface area contributed by atoms with Crippen LogP contribution >= 0.6 is 15.9 Å². The van der Waals surface area contributed by atoms with Gasteiger partial charge < -0.3 is 5.11 Å². The van der Waals surface area contributed by atoms with Crippen molar-refractivity contribution in [1.82, 2.24) is 0 Å². The van der Waals surface area contributed by atoms with Gasteiger partial charge in [0.2, 0.25) is 0 Å². The molecule has 0 amide bonds. The molecule has 1 heterocycles. The fourth-order valence-corrected chi connectivity index (χ4v) is 2.67. The number of halogens is 1. The lowest BCUT2D eigenvalue weighted by Crippen LogP contribution is -2.32. The van der Waals surface area contributed by atoms with Crippen molar-refractivity contribution in [1.29, 1.82) is 0 Å². The molecule has 1 N–H and O–H groups in total. The van der Waals surface area contributed by atoms with E-state index in [-0.39, 0.29) is 5.75 Å². The Morgan fingerprint density at radius 1 is 0.870 bits per heavy atom. The van der Waals surface area contributed by atoms with Crippen LogP contribution in [0.4, 0.5) is 0 Å². The van der Waals surface area contributed by atoms with E-state index in [2.05, 4.69) is 51.3 Å². The van der Waals surface area contributed by atoms with Crippen molar-refractivity contribution in [2.24, 2.45) is 0 Å². The highest BCUT2D eigenvalue weighted by molar-refractivity contribution is 9.10. The summed E-state index contributed by atoms with van der Waals surface area (Å²) in [6, 6.07) is 19.6. The number of phenols is 1. The molecule has 3 aromatic rings. The van der Waals surface area contributed by atoms with E-state index in [1.54, 1.807) is 12.1 Å². The normalized spacial score (nSPS) is 10.5. The molecule has 23 heavy (non-hydrogen) atoms. The van der Waals surface area contributed by atoms with Crippen LogP contribution in [0, 0.1) is 0 Å². The molecule has 0 aliphatic rings. The van der Waals surface area contributed by atoms with Gasteiger partial charge in [0.1, 0.15) is 5.75 Å². The molecule has 1 aromatic heterocycles.